The van der Waals surface area contributed by atoms with Crippen LogP contribution in [-0.2, 0) is 11.2 Å². The lowest BCUT2D eigenvalue weighted by atomic mass is 10.0. The third kappa shape index (κ3) is 4.07. The molecule has 1 aromatic carbocycles. The molecule has 0 bridgehead atoms. The summed E-state index contributed by atoms with van der Waals surface area (Å²) in [6.45, 7) is 2.05. The van der Waals surface area contributed by atoms with Crippen molar-refractivity contribution in [2.24, 2.45) is 0 Å². The summed E-state index contributed by atoms with van der Waals surface area (Å²) in [7, 11) is 0. The standard InChI is InChI=1S/C17H20N4O/c18-9-4-11-20(12-5-10-19)14-17(22)21-13-3-7-15-6-1-2-8-16(15)21/h1-2,6,8H,3-5,7,11-14H2. The lowest BCUT2D eigenvalue weighted by Crippen LogP contribution is -2.43. The number of carbonyl (C=O) groups excluding carboxylic acids is 1. The second-order valence-electron chi connectivity index (χ2n) is 5.37. The van der Waals surface area contributed by atoms with E-state index in [-0.39, 0.29) is 12.5 Å². The average molecular weight is 296 g/mol. The predicted octanol–water partition coefficient (Wildman–Crippen LogP) is 2.10. The number of hydrogen-bond acceptors (Lipinski definition) is 4. The minimum atomic E-state index is 0.0445. The van der Waals surface area contributed by atoms with Crippen LogP contribution in [0.5, 0.6) is 0 Å². The molecule has 0 aromatic heterocycles. The summed E-state index contributed by atoms with van der Waals surface area (Å²) in [5, 5.41) is 17.4. The van der Waals surface area contributed by atoms with Crippen molar-refractivity contribution in [3.05, 3.63) is 29.8 Å². The van der Waals surface area contributed by atoms with Gasteiger partial charge in [0, 0.05) is 38.2 Å². The van der Waals surface area contributed by atoms with Crippen LogP contribution < -0.4 is 4.90 Å². The highest BCUT2D eigenvalue weighted by atomic mass is 16.2. The van der Waals surface area contributed by atoms with Gasteiger partial charge in [-0.2, -0.15) is 10.5 Å². The first-order valence-electron chi connectivity index (χ1n) is 7.61. The van der Waals surface area contributed by atoms with E-state index in [9.17, 15) is 4.79 Å². The van der Waals surface area contributed by atoms with Gasteiger partial charge in [-0.1, -0.05) is 18.2 Å². The van der Waals surface area contributed by atoms with Crippen molar-refractivity contribution >= 4 is 11.6 Å². The SMILES string of the molecule is N#CCCN(CCC#N)CC(=O)N1CCCc2ccccc21. The van der Waals surface area contributed by atoms with Crippen LogP contribution in [0.1, 0.15) is 24.8 Å². The van der Waals surface area contributed by atoms with Crippen LogP contribution in [0.4, 0.5) is 5.69 Å². The molecule has 0 atom stereocenters. The van der Waals surface area contributed by atoms with Gasteiger partial charge in [0.15, 0.2) is 0 Å². The van der Waals surface area contributed by atoms with E-state index in [4.69, 9.17) is 10.5 Å². The number of carbonyl (C=O) groups is 1. The lowest BCUT2D eigenvalue weighted by Gasteiger charge is -2.31. The quantitative estimate of drug-likeness (QED) is 0.806. The molecule has 0 N–H and O–H groups in total. The van der Waals surface area contributed by atoms with Gasteiger partial charge in [0.05, 0.1) is 18.7 Å². The Kier molecular flexibility index (Phi) is 5.94. The number of benzene rings is 1. The highest BCUT2D eigenvalue weighted by Crippen LogP contribution is 2.26. The van der Waals surface area contributed by atoms with Gasteiger partial charge < -0.3 is 4.90 Å². The average Bonchev–Trinajstić information content (AvgIpc) is 2.56. The fraction of sp³-hybridized carbons (Fsp3) is 0.471. The number of para-hydroxylation sites is 1. The fourth-order valence-electron chi connectivity index (χ4n) is 2.76. The van der Waals surface area contributed by atoms with Crippen LogP contribution >= 0.6 is 0 Å². The van der Waals surface area contributed by atoms with Gasteiger partial charge in [-0.15, -0.1) is 0 Å². The molecule has 1 aromatic rings. The van der Waals surface area contributed by atoms with E-state index in [2.05, 4.69) is 18.2 Å². The van der Waals surface area contributed by atoms with Crippen LogP contribution in [0.15, 0.2) is 24.3 Å². The number of nitriles is 2. The van der Waals surface area contributed by atoms with E-state index in [1.165, 1.54) is 5.56 Å². The predicted molar refractivity (Wildman–Crippen MR) is 84.0 cm³/mol. The monoisotopic (exact) mass is 296 g/mol. The summed E-state index contributed by atoms with van der Waals surface area (Å²) in [4.78, 5) is 16.3. The van der Waals surface area contributed by atoms with Gasteiger partial charge in [0.2, 0.25) is 5.91 Å². The molecule has 22 heavy (non-hydrogen) atoms. The molecule has 1 aliphatic heterocycles. The molecule has 0 unspecified atom stereocenters. The topological polar surface area (TPSA) is 71.1 Å². The Morgan fingerprint density at radius 1 is 1.18 bits per heavy atom. The van der Waals surface area contributed by atoms with Crippen molar-refractivity contribution in [2.45, 2.75) is 25.7 Å². The molecule has 0 spiro atoms. The van der Waals surface area contributed by atoms with Gasteiger partial charge in [0.1, 0.15) is 0 Å². The number of amides is 1. The molecular weight excluding hydrogens is 276 g/mol. The molecule has 0 saturated carbocycles. The maximum atomic E-state index is 12.6. The number of nitrogens with zero attached hydrogens (tertiary/aromatic N) is 4. The Morgan fingerprint density at radius 3 is 2.55 bits per heavy atom. The highest BCUT2D eigenvalue weighted by molar-refractivity contribution is 5.95. The third-order valence-corrected chi connectivity index (χ3v) is 3.85. The van der Waals surface area contributed by atoms with Crippen molar-refractivity contribution in [1.29, 1.82) is 10.5 Å². The van der Waals surface area contributed by atoms with E-state index in [1.807, 2.05) is 28.0 Å². The largest absolute Gasteiger partial charge is 0.311 e. The van der Waals surface area contributed by atoms with E-state index < -0.39 is 0 Å². The minimum Gasteiger partial charge on any atom is -0.311 e. The molecule has 0 saturated heterocycles. The first-order valence-corrected chi connectivity index (χ1v) is 7.61. The normalized spacial score (nSPS) is 13.3. The highest BCUT2D eigenvalue weighted by Gasteiger charge is 2.23. The summed E-state index contributed by atoms with van der Waals surface area (Å²) < 4.78 is 0. The molecule has 0 radical (unpaired) electrons. The van der Waals surface area contributed by atoms with Crippen molar-refractivity contribution in [2.75, 3.05) is 31.1 Å². The van der Waals surface area contributed by atoms with Crippen LogP contribution in [-0.4, -0.2) is 37.0 Å². The molecule has 5 nitrogen and oxygen atoms in total. The molecule has 1 heterocycles. The molecule has 0 aliphatic carbocycles. The molecular formula is C17H20N4O. The Morgan fingerprint density at radius 2 is 1.86 bits per heavy atom. The van der Waals surface area contributed by atoms with Gasteiger partial charge in [-0.3, -0.25) is 9.69 Å². The zero-order valence-corrected chi connectivity index (χ0v) is 12.7. The first kappa shape index (κ1) is 16.0. The van der Waals surface area contributed by atoms with Crippen molar-refractivity contribution < 1.29 is 4.79 Å². The number of hydrogen-bond donors (Lipinski definition) is 0. The van der Waals surface area contributed by atoms with Crippen LogP contribution in [0, 0.1) is 22.7 Å². The molecule has 5 heteroatoms. The summed E-state index contributed by atoms with van der Waals surface area (Å²) in [6.07, 6.45) is 2.72. The number of aryl methyl sites for hydroxylation is 1. The van der Waals surface area contributed by atoms with E-state index in [0.717, 1.165) is 25.1 Å². The fourth-order valence-corrected chi connectivity index (χ4v) is 2.76. The zero-order valence-electron chi connectivity index (χ0n) is 12.7. The van der Waals surface area contributed by atoms with E-state index in [0.29, 0.717) is 25.9 Å². The van der Waals surface area contributed by atoms with Crippen LogP contribution in [0.25, 0.3) is 0 Å². The zero-order chi connectivity index (χ0) is 15.8. The number of anilines is 1. The Labute approximate surface area is 131 Å². The van der Waals surface area contributed by atoms with Crippen molar-refractivity contribution in [3.8, 4) is 12.1 Å². The van der Waals surface area contributed by atoms with E-state index in [1.54, 1.807) is 0 Å². The van der Waals surface area contributed by atoms with Crippen molar-refractivity contribution in [3.63, 3.8) is 0 Å². The van der Waals surface area contributed by atoms with Gasteiger partial charge >= 0.3 is 0 Å². The lowest BCUT2D eigenvalue weighted by molar-refractivity contribution is -0.119. The molecule has 2 rings (SSSR count). The third-order valence-electron chi connectivity index (χ3n) is 3.85. The summed E-state index contributed by atoms with van der Waals surface area (Å²) in [5.41, 5.74) is 2.21. The van der Waals surface area contributed by atoms with Gasteiger partial charge in [-0.05, 0) is 24.5 Å². The second-order valence-corrected chi connectivity index (χ2v) is 5.37. The summed E-state index contributed by atoms with van der Waals surface area (Å²) in [5.74, 6) is 0.0445. The maximum Gasteiger partial charge on any atom is 0.241 e. The molecule has 0 fully saturated rings. The maximum absolute atomic E-state index is 12.6. The van der Waals surface area contributed by atoms with Gasteiger partial charge in [0.25, 0.3) is 0 Å². The summed E-state index contributed by atoms with van der Waals surface area (Å²) >= 11 is 0. The smallest absolute Gasteiger partial charge is 0.241 e. The molecule has 1 amide bonds. The number of rotatable bonds is 6. The molecule has 114 valence electrons. The summed E-state index contributed by atoms with van der Waals surface area (Å²) in [6, 6.07) is 12.2. The van der Waals surface area contributed by atoms with Crippen LogP contribution in [0.3, 0.4) is 0 Å². The van der Waals surface area contributed by atoms with Gasteiger partial charge in [-0.25, -0.2) is 0 Å². The second kappa shape index (κ2) is 8.17. The first-order chi connectivity index (χ1) is 10.8. The Balaban J connectivity index is 2.04. The Bertz CT molecular complexity index is 581. The van der Waals surface area contributed by atoms with E-state index >= 15 is 0 Å². The molecule has 1 aliphatic rings. The number of fused-ring (bicyclic) bond motifs is 1. The van der Waals surface area contributed by atoms with Crippen molar-refractivity contribution in [1.82, 2.24) is 4.90 Å². The minimum absolute atomic E-state index is 0.0445. The van der Waals surface area contributed by atoms with Crippen LogP contribution in [0.2, 0.25) is 0 Å². The Hall–Kier alpha value is -2.37.